The Hall–Kier alpha value is -4.94. The van der Waals surface area contributed by atoms with Crippen LogP contribution in [-0.2, 0) is 28.7 Å². The second-order valence-corrected chi connectivity index (χ2v) is 14.1. The number of hydrogen-bond acceptors (Lipinski definition) is 10. The van der Waals surface area contributed by atoms with Crippen LogP contribution in [0, 0.1) is 0 Å². The summed E-state index contributed by atoms with van der Waals surface area (Å²) >= 11 is 0. The normalized spacial score (nSPS) is 22.8. The molecule has 0 bridgehead atoms. The van der Waals surface area contributed by atoms with Crippen LogP contribution in [0.3, 0.4) is 0 Å². The second kappa shape index (κ2) is 15.7. The number of allylic oxidation sites excluding steroid dienone is 2. The van der Waals surface area contributed by atoms with E-state index in [1.165, 1.54) is 11.1 Å². The third-order valence-corrected chi connectivity index (χ3v) is 10.3. The maximum atomic E-state index is 12.9. The van der Waals surface area contributed by atoms with E-state index in [9.17, 15) is 19.2 Å². The Morgan fingerprint density at radius 1 is 0.635 bits per heavy atom. The summed E-state index contributed by atoms with van der Waals surface area (Å²) in [4.78, 5) is 67.1. The molecular weight excluding hydrogens is 660 g/mol. The number of para-hydroxylation sites is 2. The van der Waals surface area contributed by atoms with Gasteiger partial charge in [-0.3, -0.25) is 19.2 Å². The highest BCUT2D eigenvalue weighted by Gasteiger charge is 2.32. The van der Waals surface area contributed by atoms with Gasteiger partial charge in [0, 0.05) is 98.9 Å². The summed E-state index contributed by atoms with van der Waals surface area (Å²) in [5, 5.41) is 0. The zero-order valence-electron chi connectivity index (χ0n) is 30.0. The molecule has 0 spiro atoms. The van der Waals surface area contributed by atoms with Crippen molar-refractivity contribution in [2.24, 2.45) is 9.98 Å². The van der Waals surface area contributed by atoms with E-state index in [1.807, 2.05) is 46.2 Å². The number of aliphatic imine (C=N–C) groups is 2. The zero-order chi connectivity index (χ0) is 36.2. The van der Waals surface area contributed by atoms with Crippen molar-refractivity contribution in [3.05, 3.63) is 83.5 Å². The van der Waals surface area contributed by atoms with Gasteiger partial charge in [0.15, 0.2) is 11.6 Å². The average molecular weight is 707 g/mol. The Morgan fingerprint density at radius 3 is 1.42 bits per heavy atom. The Bertz CT molecular complexity index is 1720. The first-order chi connectivity index (χ1) is 25.2. The molecule has 2 saturated heterocycles. The number of hydrogen-bond donors (Lipinski definition) is 0. The van der Waals surface area contributed by atoms with Crippen LogP contribution in [0.15, 0.2) is 82.3 Å². The van der Waals surface area contributed by atoms with Crippen LogP contribution < -0.4 is 9.80 Å². The van der Waals surface area contributed by atoms with Gasteiger partial charge in [-0.25, -0.2) is 9.98 Å². The number of amides is 2. The van der Waals surface area contributed by atoms with Gasteiger partial charge < -0.3 is 29.1 Å². The molecule has 0 radical (unpaired) electrons. The van der Waals surface area contributed by atoms with E-state index in [0.717, 1.165) is 37.6 Å². The number of morpholine rings is 2. The second-order valence-electron chi connectivity index (χ2n) is 14.1. The third-order valence-electron chi connectivity index (χ3n) is 10.3. The minimum Gasteiger partial charge on any atom is -0.378 e. The lowest BCUT2D eigenvalue weighted by molar-refractivity contribution is -0.118. The fourth-order valence-corrected chi connectivity index (χ4v) is 7.63. The van der Waals surface area contributed by atoms with Crippen LogP contribution in [0.1, 0.15) is 62.5 Å². The summed E-state index contributed by atoms with van der Waals surface area (Å²) in [6, 6.07) is 16.1. The van der Waals surface area contributed by atoms with Crippen LogP contribution in [0.4, 0.5) is 11.4 Å². The predicted octanol–water partition coefficient (Wildman–Crippen LogP) is 4.23. The van der Waals surface area contributed by atoms with Crippen LogP contribution in [-0.4, -0.2) is 110 Å². The Balaban J connectivity index is 0.000000162. The van der Waals surface area contributed by atoms with Crippen LogP contribution >= 0.6 is 0 Å². The minimum atomic E-state index is 0.0107. The molecule has 2 aromatic carbocycles. The number of nitrogens with zero attached hydrogens (tertiary/aromatic N) is 6. The van der Waals surface area contributed by atoms with Crippen LogP contribution in [0.25, 0.3) is 0 Å². The maximum Gasteiger partial charge on any atom is 0.232 e. The fourth-order valence-electron chi connectivity index (χ4n) is 7.63. The molecule has 272 valence electrons. The third kappa shape index (κ3) is 7.93. The highest BCUT2D eigenvalue weighted by atomic mass is 16.5. The highest BCUT2D eigenvalue weighted by molar-refractivity contribution is 6.17. The Morgan fingerprint density at radius 2 is 1.02 bits per heavy atom. The van der Waals surface area contributed by atoms with E-state index in [-0.39, 0.29) is 49.1 Å². The molecule has 0 saturated carbocycles. The molecule has 6 aliphatic heterocycles. The predicted molar refractivity (Wildman–Crippen MR) is 199 cm³/mol. The van der Waals surface area contributed by atoms with E-state index < -0.39 is 0 Å². The van der Waals surface area contributed by atoms with Crippen molar-refractivity contribution >= 4 is 46.2 Å². The number of benzene rings is 2. The van der Waals surface area contributed by atoms with Crippen LogP contribution in [0.5, 0.6) is 0 Å². The summed E-state index contributed by atoms with van der Waals surface area (Å²) in [5.74, 6) is 2.04. The Kier molecular flexibility index (Phi) is 10.7. The van der Waals surface area contributed by atoms with Gasteiger partial charge in [0.05, 0.1) is 39.3 Å². The number of carbonyl (C=O) groups is 4. The van der Waals surface area contributed by atoms with Gasteiger partial charge in [-0.05, 0) is 23.3 Å². The largest absolute Gasteiger partial charge is 0.378 e. The molecule has 0 unspecified atom stereocenters. The van der Waals surface area contributed by atoms with Crippen LogP contribution in [0.2, 0.25) is 0 Å². The van der Waals surface area contributed by atoms with Gasteiger partial charge in [0.25, 0.3) is 0 Å². The molecular formula is C40H46N6O6. The minimum absolute atomic E-state index is 0.0107. The molecule has 12 nitrogen and oxygen atoms in total. The lowest BCUT2D eigenvalue weighted by Crippen LogP contribution is -2.37. The van der Waals surface area contributed by atoms with Crippen molar-refractivity contribution in [3.8, 4) is 0 Å². The molecule has 12 heteroatoms. The fraction of sp³-hybridized carbons (Fsp3) is 0.450. The maximum absolute atomic E-state index is 12.9. The monoisotopic (exact) mass is 706 g/mol. The zero-order valence-corrected chi connectivity index (χ0v) is 30.0. The first kappa shape index (κ1) is 35.5. The molecule has 2 fully saturated rings. The van der Waals surface area contributed by atoms with Crippen molar-refractivity contribution in [2.75, 3.05) is 75.5 Å². The van der Waals surface area contributed by atoms with Crippen molar-refractivity contribution in [2.45, 2.75) is 51.4 Å². The molecule has 0 N–H and O–H groups in total. The van der Waals surface area contributed by atoms with Gasteiger partial charge in [-0.2, -0.15) is 0 Å². The van der Waals surface area contributed by atoms with E-state index in [4.69, 9.17) is 9.47 Å². The van der Waals surface area contributed by atoms with Crippen molar-refractivity contribution in [1.82, 2.24) is 9.80 Å². The van der Waals surface area contributed by atoms with E-state index in [2.05, 4.69) is 45.8 Å². The van der Waals surface area contributed by atoms with Crippen molar-refractivity contribution < 1.29 is 28.7 Å². The lowest BCUT2D eigenvalue weighted by Gasteiger charge is -2.30. The molecule has 52 heavy (non-hydrogen) atoms. The number of anilines is 2. The first-order valence-corrected chi connectivity index (χ1v) is 18.3. The SMILES string of the molecule is C[C@@H]1CN(C(=O)CC2=NC(N3CCOCC3)=CC(=O)C2)c2ccccc21.C[C@H]1CN(C(=O)CC2=NC(N3CCOCC3)=CC(=O)C2)c2ccccc21. The molecule has 0 aromatic heterocycles. The topological polar surface area (TPSA) is 124 Å². The van der Waals surface area contributed by atoms with E-state index >= 15 is 0 Å². The number of ketones is 2. The van der Waals surface area contributed by atoms with E-state index in [1.54, 1.807) is 12.2 Å². The number of rotatable bonds is 6. The summed E-state index contributed by atoms with van der Waals surface area (Å²) in [6.07, 6.45) is 4.01. The molecule has 2 aromatic rings. The van der Waals surface area contributed by atoms with Gasteiger partial charge >= 0.3 is 0 Å². The van der Waals surface area contributed by atoms with Gasteiger partial charge in [0.2, 0.25) is 11.8 Å². The van der Waals surface area contributed by atoms with Crippen molar-refractivity contribution in [1.29, 1.82) is 0 Å². The van der Waals surface area contributed by atoms with Gasteiger partial charge in [-0.15, -0.1) is 0 Å². The van der Waals surface area contributed by atoms with Crippen molar-refractivity contribution in [3.63, 3.8) is 0 Å². The summed E-state index contributed by atoms with van der Waals surface area (Å²) in [6.45, 7) is 11.1. The quantitative estimate of drug-likeness (QED) is 0.438. The van der Waals surface area contributed by atoms with Gasteiger partial charge in [0.1, 0.15) is 11.6 Å². The summed E-state index contributed by atoms with van der Waals surface area (Å²) in [7, 11) is 0. The number of carbonyl (C=O) groups excluding carboxylic acids is 4. The molecule has 2 amide bonds. The Labute approximate surface area is 304 Å². The summed E-state index contributed by atoms with van der Waals surface area (Å²) in [5.41, 5.74) is 5.68. The first-order valence-electron chi connectivity index (χ1n) is 18.3. The number of fused-ring (bicyclic) bond motifs is 2. The lowest BCUT2D eigenvalue weighted by atomic mass is 10.0. The highest BCUT2D eigenvalue weighted by Crippen LogP contribution is 2.37. The number of ether oxygens (including phenoxy) is 2. The molecule has 6 aliphatic rings. The average Bonchev–Trinajstić information content (AvgIpc) is 3.68. The van der Waals surface area contributed by atoms with Gasteiger partial charge in [-0.1, -0.05) is 50.2 Å². The molecule has 8 rings (SSSR count). The van der Waals surface area contributed by atoms with E-state index in [0.29, 0.717) is 74.4 Å². The molecule has 2 atom stereocenters. The summed E-state index contributed by atoms with van der Waals surface area (Å²) < 4.78 is 10.7. The molecule has 0 aliphatic carbocycles. The smallest absolute Gasteiger partial charge is 0.232 e. The molecule has 6 heterocycles. The standard InChI is InChI=1S/2C20H23N3O3/c2*1-14-13-23(18-5-3-2-4-17(14)18)20(25)11-15-10-16(24)12-19(21-15)22-6-8-26-9-7-22/h2*2-5,12,14H,6-11,13H2,1H3/t2*14-/m10/s1.